The standard InChI is InChI=1S/C13H14F3N7/c1-8-9(2)11-19-20-12(13(14,15)16)23(11)21-10(8)18-4-6-22-5-3-17-7-22/h3,5,7H,4,6H2,1-2H3,(H,18,21). The zero-order valence-corrected chi connectivity index (χ0v) is 12.5. The van der Waals surface area contributed by atoms with Crippen molar-refractivity contribution in [3.63, 3.8) is 0 Å². The second kappa shape index (κ2) is 5.52. The lowest BCUT2D eigenvalue weighted by Gasteiger charge is -2.12. The maximum Gasteiger partial charge on any atom is 0.453 e. The molecule has 0 unspecified atom stereocenters. The minimum Gasteiger partial charge on any atom is -0.367 e. The molecule has 0 spiro atoms. The molecule has 23 heavy (non-hydrogen) atoms. The molecule has 7 nitrogen and oxygen atoms in total. The van der Waals surface area contributed by atoms with Gasteiger partial charge in [0.05, 0.1) is 6.33 Å². The van der Waals surface area contributed by atoms with E-state index in [0.29, 0.717) is 24.5 Å². The lowest BCUT2D eigenvalue weighted by Crippen LogP contribution is -2.16. The number of imidazole rings is 1. The first-order valence-electron chi connectivity index (χ1n) is 6.87. The Balaban J connectivity index is 1.91. The van der Waals surface area contributed by atoms with E-state index in [-0.39, 0.29) is 5.65 Å². The van der Waals surface area contributed by atoms with Crippen molar-refractivity contribution in [2.45, 2.75) is 26.6 Å². The summed E-state index contributed by atoms with van der Waals surface area (Å²) in [6, 6.07) is 0. The fraction of sp³-hybridized carbons (Fsp3) is 0.385. The Bertz CT molecular complexity index is 820. The van der Waals surface area contributed by atoms with Crippen molar-refractivity contribution in [2.75, 3.05) is 11.9 Å². The van der Waals surface area contributed by atoms with Crippen LogP contribution < -0.4 is 5.32 Å². The van der Waals surface area contributed by atoms with Crippen LogP contribution in [0.5, 0.6) is 0 Å². The normalized spacial score (nSPS) is 12.0. The molecular formula is C13H14F3N7. The number of halogens is 3. The molecule has 0 saturated carbocycles. The van der Waals surface area contributed by atoms with Crippen molar-refractivity contribution in [3.8, 4) is 0 Å². The zero-order chi connectivity index (χ0) is 16.6. The monoisotopic (exact) mass is 325 g/mol. The predicted molar refractivity (Wildman–Crippen MR) is 76.0 cm³/mol. The fourth-order valence-corrected chi connectivity index (χ4v) is 2.20. The molecule has 0 radical (unpaired) electrons. The third-order valence-corrected chi connectivity index (χ3v) is 3.57. The average molecular weight is 325 g/mol. The van der Waals surface area contributed by atoms with Gasteiger partial charge >= 0.3 is 6.18 Å². The summed E-state index contributed by atoms with van der Waals surface area (Å²) in [4.78, 5) is 3.93. The van der Waals surface area contributed by atoms with Gasteiger partial charge in [0.25, 0.3) is 5.82 Å². The van der Waals surface area contributed by atoms with E-state index in [0.717, 1.165) is 10.1 Å². The van der Waals surface area contributed by atoms with Gasteiger partial charge in [0.2, 0.25) is 0 Å². The van der Waals surface area contributed by atoms with E-state index >= 15 is 0 Å². The molecule has 0 aliphatic heterocycles. The Labute approximate surface area is 129 Å². The molecule has 0 amide bonds. The first-order valence-corrected chi connectivity index (χ1v) is 6.87. The molecule has 0 atom stereocenters. The molecule has 0 saturated heterocycles. The molecule has 1 N–H and O–H groups in total. The van der Waals surface area contributed by atoms with Gasteiger partial charge in [-0.1, -0.05) is 0 Å². The summed E-state index contributed by atoms with van der Waals surface area (Å²) in [7, 11) is 0. The molecule has 122 valence electrons. The van der Waals surface area contributed by atoms with E-state index in [9.17, 15) is 13.2 Å². The summed E-state index contributed by atoms with van der Waals surface area (Å²) in [5, 5.41) is 13.9. The summed E-state index contributed by atoms with van der Waals surface area (Å²) in [5.74, 6) is -0.756. The molecule has 0 aliphatic rings. The molecule has 3 aromatic rings. The van der Waals surface area contributed by atoms with Crippen LogP contribution in [-0.4, -0.2) is 35.9 Å². The minimum absolute atomic E-state index is 0.106. The number of rotatable bonds is 4. The number of anilines is 1. The van der Waals surface area contributed by atoms with Crippen molar-refractivity contribution in [1.29, 1.82) is 0 Å². The Hall–Kier alpha value is -2.65. The van der Waals surface area contributed by atoms with E-state index in [2.05, 4.69) is 25.6 Å². The minimum atomic E-state index is -4.61. The van der Waals surface area contributed by atoms with Crippen LogP contribution in [0, 0.1) is 13.8 Å². The molecule has 3 aromatic heterocycles. The molecule has 3 rings (SSSR count). The number of aryl methyl sites for hydroxylation is 1. The lowest BCUT2D eigenvalue weighted by atomic mass is 10.2. The summed E-state index contributed by atoms with van der Waals surface area (Å²) in [6.07, 6.45) is 0.518. The maximum atomic E-state index is 13.0. The van der Waals surface area contributed by atoms with Gasteiger partial charge < -0.3 is 9.88 Å². The van der Waals surface area contributed by atoms with E-state index in [4.69, 9.17) is 0 Å². The highest BCUT2D eigenvalue weighted by atomic mass is 19.4. The Morgan fingerprint density at radius 3 is 2.61 bits per heavy atom. The van der Waals surface area contributed by atoms with Gasteiger partial charge in [-0.3, -0.25) is 0 Å². The number of fused-ring (bicyclic) bond motifs is 1. The number of nitrogens with zero attached hydrogens (tertiary/aromatic N) is 6. The first kappa shape index (κ1) is 15.3. The quantitative estimate of drug-likeness (QED) is 0.795. The lowest BCUT2D eigenvalue weighted by molar-refractivity contribution is -0.146. The molecular weight excluding hydrogens is 311 g/mol. The van der Waals surface area contributed by atoms with Crippen LogP contribution >= 0.6 is 0 Å². The van der Waals surface area contributed by atoms with Gasteiger partial charge in [0.1, 0.15) is 5.82 Å². The number of alkyl halides is 3. The number of hydrogen-bond donors (Lipinski definition) is 1. The highest BCUT2D eigenvalue weighted by Gasteiger charge is 2.38. The fourth-order valence-electron chi connectivity index (χ4n) is 2.20. The summed E-state index contributed by atoms with van der Waals surface area (Å²) in [5.41, 5.74) is 1.45. The van der Waals surface area contributed by atoms with E-state index in [1.54, 1.807) is 32.6 Å². The number of nitrogens with one attached hydrogen (secondary N) is 1. The van der Waals surface area contributed by atoms with Gasteiger partial charge in [-0.05, 0) is 19.4 Å². The summed E-state index contributed by atoms with van der Waals surface area (Å²) >= 11 is 0. The number of aromatic nitrogens is 6. The van der Waals surface area contributed by atoms with Gasteiger partial charge in [-0.25, -0.2) is 4.98 Å². The first-order chi connectivity index (χ1) is 10.9. The van der Waals surface area contributed by atoms with E-state index < -0.39 is 12.0 Å². The molecule has 0 aromatic carbocycles. The third kappa shape index (κ3) is 2.83. The topological polar surface area (TPSA) is 72.9 Å². The van der Waals surface area contributed by atoms with Crippen LogP contribution in [-0.2, 0) is 12.7 Å². The summed E-state index contributed by atoms with van der Waals surface area (Å²) < 4.78 is 41.5. The van der Waals surface area contributed by atoms with Crippen LogP contribution in [0.3, 0.4) is 0 Å². The third-order valence-electron chi connectivity index (χ3n) is 3.57. The van der Waals surface area contributed by atoms with Crippen molar-refractivity contribution >= 4 is 11.5 Å². The highest BCUT2D eigenvalue weighted by Crippen LogP contribution is 2.29. The Morgan fingerprint density at radius 2 is 1.96 bits per heavy atom. The molecule has 10 heteroatoms. The van der Waals surface area contributed by atoms with Gasteiger partial charge in [0.15, 0.2) is 5.65 Å². The SMILES string of the molecule is Cc1c(NCCn2ccnc2)nn2c(C(F)(F)F)nnc2c1C. The summed E-state index contributed by atoms with van der Waals surface area (Å²) in [6.45, 7) is 4.59. The molecule has 0 aliphatic carbocycles. The van der Waals surface area contributed by atoms with Crippen LogP contribution in [0.2, 0.25) is 0 Å². The highest BCUT2D eigenvalue weighted by molar-refractivity contribution is 5.58. The van der Waals surface area contributed by atoms with Crippen LogP contribution in [0.4, 0.5) is 19.0 Å². The number of hydrogen-bond acceptors (Lipinski definition) is 5. The van der Waals surface area contributed by atoms with E-state index in [1.165, 1.54) is 0 Å². The van der Waals surface area contributed by atoms with Crippen molar-refractivity contribution in [1.82, 2.24) is 29.4 Å². The van der Waals surface area contributed by atoms with Gasteiger partial charge in [-0.15, -0.1) is 15.3 Å². The van der Waals surface area contributed by atoms with Gasteiger partial charge in [0, 0.05) is 31.0 Å². The largest absolute Gasteiger partial charge is 0.453 e. The Morgan fingerprint density at radius 1 is 1.17 bits per heavy atom. The smallest absolute Gasteiger partial charge is 0.367 e. The van der Waals surface area contributed by atoms with Crippen LogP contribution in [0.1, 0.15) is 17.0 Å². The van der Waals surface area contributed by atoms with Gasteiger partial charge in [-0.2, -0.15) is 17.7 Å². The predicted octanol–water partition coefficient (Wildman–Crippen LogP) is 2.07. The molecule has 3 heterocycles. The van der Waals surface area contributed by atoms with Crippen LogP contribution in [0.15, 0.2) is 18.7 Å². The second-order valence-electron chi connectivity index (χ2n) is 5.08. The second-order valence-corrected chi connectivity index (χ2v) is 5.08. The van der Waals surface area contributed by atoms with Crippen molar-refractivity contribution in [2.24, 2.45) is 0 Å². The molecule has 0 bridgehead atoms. The zero-order valence-electron chi connectivity index (χ0n) is 12.5. The van der Waals surface area contributed by atoms with Crippen molar-refractivity contribution < 1.29 is 13.2 Å². The Kier molecular flexibility index (Phi) is 3.66. The molecule has 0 fully saturated rings. The van der Waals surface area contributed by atoms with E-state index in [1.807, 2.05) is 4.57 Å². The van der Waals surface area contributed by atoms with Crippen LogP contribution in [0.25, 0.3) is 5.65 Å². The average Bonchev–Trinajstić information content (AvgIpc) is 3.12. The maximum absolute atomic E-state index is 13.0. The van der Waals surface area contributed by atoms with Crippen molar-refractivity contribution in [3.05, 3.63) is 35.7 Å².